The first-order valence-electron chi connectivity index (χ1n) is 5.87. The van der Waals surface area contributed by atoms with Crippen LogP contribution in [-0.2, 0) is 12.0 Å². The van der Waals surface area contributed by atoms with E-state index in [1.807, 2.05) is 6.07 Å². The molecule has 0 saturated heterocycles. The van der Waals surface area contributed by atoms with E-state index in [2.05, 4.69) is 12.2 Å². The van der Waals surface area contributed by atoms with E-state index in [0.717, 1.165) is 30.5 Å². The molecule has 0 bridgehead atoms. The second-order valence-electron chi connectivity index (χ2n) is 4.43. The van der Waals surface area contributed by atoms with Crippen LogP contribution in [0.3, 0.4) is 0 Å². The van der Waals surface area contributed by atoms with Gasteiger partial charge in [0.1, 0.15) is 5.82 Å². The number of halogens is 1. The van der Waals surface area contributed by atoms with Crippen molar-refractivity contribution < 1.29 is 9.50 Å². The molecular formula is C13H18FNO. The molecule has 0 heterocycles. The Labute approximate surface area is 95.5 Å². The third-order valence-corrected chi connectivity index (χ3v) is 3.42. The largest absolute Gasteiger partial charge is 0.394 e. The Morgan fingerprint density at radius 1 is 1.50 bits per heavy atom. The van der Waals surface area contributed by atoms with E-state index in [4.69, 9.17) is 0 Å². The molecule has 0 amide bonds. The molecule has 0 radical (unpaired) electrons. The summed E-state index contributed by atoms with van der Waals surface area (Å²) in [5.41, 5.74) is 1.27. The smallest absolute Gasteiger partial charge is 0.126 e. The van der Waals surface area contributed by atoms with Crippen LogP contribution < -0.4 is 5.32 Å². The number of aliphatic hydroxyl groups is 1. The van der Waals surface area contributed by atoms with Crippen molar-refractivity contribution in [1.82, 2.24) is 5.32 Å². The highest BCUT2D eigenvalue weighted by Crippen LogP contribution is 2.37. The number of benzene rings is 1. The Hall–Kier alpha value is -0.930. The lowest BCUT2D eigenvalue weighted by molar-refractivity contribution is 0.161. The van der Waals surface area contributed by atoms with Crippen LogP contribution in [-0.4, -0.2) is 18.3 Å². The van der Waals surface area contributed by atoms with E-state index >= 15 is 0 Å². The number of rotatable bonds is 4. The third kappa shape index (κ3) is 1.74. The van der Waals surface area contributed by atoms with E-state index in [1.54, 1.807) is 6.07 Å². The normalized spacial score (nSPS) is 23.4. The fourth-order valence-corrected chi connectivity index (χ4v) is 2.50. The van der Waals surface area contributed by atoms with E-state index in [9.17, 15) is 9.50 Å². The molecule has 0 saturated carbocycles. The summed E-state index contributed by atoms with van der Waals surface area (Å²) in [7, 11) is 0. The lowest BCUT2D eigenvalue weighted by Gasteiger charge is -2.29. The summed E-state index contributed by atoms with van der Waals surface area (Å²) in [6, 6.07) is 5.13. The molecule has 0 spiro atoms. The number of hydrogen-bond donors (Lipinski definition) is 2. The zero-order valence-corrected chi connectivity index (χ0v) is 9.59. The summed E-state index contributed by atoms with van der Waals surface area (Å²) in [6.45, 7) is 2.96. The number of aliphatic hydroxyl groups excluding tert-OH is 1. The molecule has 2 nitrogen and oxygen atoms in total. The van der Waals surface area contributed by atoms with E-state index in [0.29, 0.717) is 6.42 Å². The highest BCUT2D eigenvalue weighted by atomic mass is 19.1. The third-order valence-electron chi connectivity index (χ3n) is 3.42. The Bertz CT molecular complexity index is 380. The summed E-state index contributed by atoms with van der Waals surface area (Å²) in [5.74, 6) is -0.147. The van der Waals surface area contributed by atoms with Crippen molar-refractivity contribution in [2.75, 3.05) is 13.2 Å². The van der Waals surface area contributed by atoms with Crippen molar-refractivity contribution in [3.8, 4) is 0 Å². The molecule has 1 aromatic carbocycles. The minimum atomic E-state index is -0.423. The summed E-state index contributed by atoms with van der Waals surface area (Å²) in [6.07, 6.45) is 2.49. The molecule has 1 atom stereocenters. The van der Waals surface area contributed by atoms with Gasteiger partial charge in [0, 0.05) is 0 Å². The topological polar surface area (TPSA) is 32.3 Å². The molecule has 88 valence electrons. The van der Waals surface area contributed by atoms with Gasteiger partial charge in [0.25, 0.3) is 0 Å². The van der Waals surface area contributed by atoms with Crippen LogP contribution in [0.1, 0.15) is 30.9 Å². The maximum Gasteiger partial charge on any atom is 0.126 e. The van der Waals surface area contributed by atoms with Gasteiger partial charge in [0.15, 0.2) is 0 Å². The minimum absolute atomic E-state index is 0.0312. The zero-order valence-electron chi connectivity index (χ0n) is 9.59. The average molecular weight is 223 g/mol. The van der Waals surface area contributed by atoms with Crippen LogP contribution in [0.4, 0.5) is 4.39 Å². The van der Waals surface area contributed by atoms with Gasteiger partial charge in [0.05, 0.1) is 12.1 Å². The minimum Gasteiger partial charge on any atom is -0.394 e. The lowest BCUT2D eigenvalue weighted by atomic mass is 9.92. The molecule has 0 aliphatic heterocycles. The van der Waals surface area contributed by atoms with Crippen molar-refractivity contribution in [1.29, 1.82) is 0 Å². The molecule has 1 unspecified atom stereocenters. The van der Waals surface area contributed by atoms with Gasteiger partial charge in [-0.05, 0) is 43.0 Å². The Morgan fingerprint density at radius 2 is 2.31 bits per heavy atom. The number of nitrogens with one attached hydrogen (secondary N) is 1. The molecule has 0 fully saturated rings. The first kappa shape index (κ1) is 11.6. The second kappa shape index (κ2) is 4.52. The number of hydrogen-bond acceptors (Lipinski definition) is 2. The predicted molar refractivity (Wildman–Crippen MR) is 61.8 cm³/mol. The van der Waals surface area contributed by atoms with Crippen LogP contribution in [0.15, 0.2) is 18.2 Å². The van der Waals surface area contributed by atoms with Crippen LogP contribution >= 0.6 is 0 Å². The van der Waals surface area contributed by atoms with Crippen molar-refractivity contribution >= 4 is 0 Å². The first-order chi connectivity index (χ1) is 7.73. The molecule has 2 N–H and O–H groups in total. The highest BCUT2D eigenvalue weighted by Gasteiger charge is 2.38. The van der Waals surface area contributed by atoms with E-state index < -0.39 is 5.54 Å². The summed E-state index contributed by atoms with van der Waals surface area (Å²) in [4.78, 5) is 0. The Balaban J connectivity index is 2.35. The van der Waals surface area contributed by atoms with Crippen LogP contribution in [0.25, 0.3) is 0 Å². The van der Waals surface area contributed by atoms with Crippen molar-refractivity contribution in [2.24, 2.45) is 0 Å². The van der Waals surface area contributed by atoms with E-state index in [-0.39, 0.29) is 12.4 Å². The second-order valence-corrected chi connectivity index (χ2v) is 4.43. The number of fused-ring (bicyclic) bond motifs is 1. The lowest BCUT2D eigenvalue weighted by Crippen LogP contribution is -2.44. The quantitative estimate of drug-likeness (QED) is 0.817. The van der Waals surface area contributed by atoms with Crippen LogP contribution in [0.2, 0.25) is 0 Å². The predicted octanol–water partition coefficient (Wildman–Crippen LogP) is 1.96. The van der Waals surface area contributed by atoms with Crippen molar-refractivity contribution in [3.05, 3.63) is 35.1 Å². The molecule has 1 aromatic rings. The monoisotopic (exact) mass is 223 g/mol. The van der Waals surface area contributed by atoms with Crippen LogP contribution in [0.5, 0.6) is 0 Å². The fraction of sp³-hybridized carbons (Fsp3) is 0.538. The summed E-state index contributed by atoms with van der Waals surface area (Å²) < 4.78 is 13.6. The van der Waals surface area contributed by atoms with Gasteiger partial charge < -0.3 is 10.4 Å². The van der Waals surface area contributed by atoms with Gasteiger partial charge in [0.2, 0.25) is 0 Å². The Morgan fingerprint density at radius 3 is 3.00 bits per heavy atom. The summed E-state index contributed by atoms with van der Waals surface area (Å²) in [5, 5.41) is 13.0. The van der Waals surface area contributed by atoms with Crippen LogP contribution in [0, 0.1) is 5.82 Å². The van der Waals surface area contributed by atoms with Crippen molar-refractivity contribution in [2.45, 2.75) is 31.7 Å². The molecular weight excluding hydrogens is 205 g/mol. The van der Waals surface area contributed by atoms with Gasteiger partial charge in [-0.25, -0.2) is 4.39 Å². The first-order valence-corrected chi connectivity index (χ1v) is 5.87. The Kier molecular flexibility index (Phi) is 3.26. The summed E-state index contributed by atoms with van der Waals surface area (Å²) >= 11 is 0. The maximum absolute atomic E-state index is 13.6. The van der Waals surface area contributed by atoms with Crippen molar-refractivity contribution in [3.63, 3.8) is 0 Å². The van der Waals surface area contributed by atoms with Gasteiger partial charge in [-0.1, -0.05) is 19.1 Å². The fourth-order valence-electron chi connectivity index (χ4n) is 2.50. The van der Waals surface area contributed by atoms with Gasteiger partial charge in [-0.15, -0.1) is 0 Å². The van der Waals surface area contributed by atoms with E-state index in [1.165, 1.54) is 6.07 Å². The van der Waals surface area contributed by atoms with Gasteiger partial charge in [-0.2, -0.15) is 0 Å². The molecule has 2 rings (SSSR count). The molecule has 1 aliphatic carbocycles. The molecule has 0 aromatic heterocycles. The molecule has 1 aliphatic rings. The maximum atomic E-state index is 13.6. The zero-order chi connectivity index (χ0) is 11.6. The molecule has 3 heteroatoms. The van der Waals surface area contributed by atoms with Gasteiger partial charge in [-0.3, -0.25) is 0 Å². The SMILES string of the molecule is CCCNC1(CO)CCc2c(F)cccc21. The average Bonchev–Trinajstić information content (AvgIpc) is 2.68. The van der Waals surface area contributed by atoms with Gasteiger partial charge >= 0.3 is 0 Å². The molecule has 16 heavy (non-hydrogen) atoms. The standard InChI is InChI=1S/C13H18FNO/c1-2-8-15-13(9-16)7-6-10-11(13)4-3-5-12(10)14/h3-5,15-16H,2,6-9H2,1H3. The highest BCUT2D eigenvalue weighted by molar-refractivity contribution is 5.39.